The van der Waals surface area contributed by atoms with Crippen LogP contribution in [0.5, 0.6) is 0 Å². The minimum atomic E-state index is -0.622. The van der Waals surface area contributed by atoms with Crippen molar-refractivity contribution >= 4 is 5.91 Å². The first kappa shape index (κ1) is 18.0. The molecule has 0 aromatic heterocycles. The zero-order valence-corrected chi connectivity index (χ0v) is 16.0. The van der Waals surface area contributed by atoms with Crippen LogP contribution in [-0.4, -0.2) is 35.3 Å². The number of amides is 1. The number of likely N-dealkylation sites (tertiary alicyclic amines) is 1. The Bertz CT molecular complexity index is 805. The monoisotopic (exact) mass is 363 g/mol. The number of hydrogen-bond acceptors (Lipinski definition) is 3. The predicted molar refractivity (Wildman–Crippen MR) is 104 cm³/mol. The van der Waals surface area contributed by atoms with Crippen molar-refractivity contribution in [2.45, 2.75) is 44.7 Å². The van der Waals surface area contributed by atoms with E-state index in [1.165, 1.54) is 0 Å². The Labute approximate surface area is 160 Å². The van der Waals surface area contributed by atoms with E-state index < -0.39 is 5.79 Å². The quantitative estimate of drug-likeness (QED) is 0.607. The summed E-state index contributed by atoms with van der Waals surface area (Å²) in [6, 6.07) is 20.1. The molecule has 4 heteroatoms. The van der Waals surface area contributed by atoms with E-state index in [2.05, 4.69) is 24.3 Å². The van der Waals surface area contributed by atoms with Crippen LogP contribution in [0, 0.1) is 0 Å². The molecule has 140 valence electrons. The van der Waals surface area contributed by atoms with Crippen molar-refractivity contribution in [3.8, 4) is 0 Å². The summed E-state index contributed by atoms with van der Waals surface area (Å²) >= 11 is 0. The summed E-state index contributed by atoms with van der Waals surface area (Å²) in [4.78, 5) is 15.0. The van der Waals surface area contributed by atoms with Gasteiger partial charge in [-0.15, -0.1) is 0 Å². The lowest BCUT2D eigenvalue weighted by molar-refractivity contribution is -0.161. The van der Waals surface area contributed by atoms with Crippen LogP contribution in [0.25, 0.3) is 0 Å². The van der Waals surface area contributed by atoms with E-state index in [-0.39, 0.29) is 24.1 Å². The fourth-order valence-electron chi connectivity index (χ4n) is 4.09. The van der Waals surface area contributed by atoms with Gasteiger partial charge in [-0.1, -0.05) is 66.7 Å². The Hall–Kier alpha value is -2.43. The smallest absolute Gasteiger partial charge is 0.253 e. The molecular weight excluding hydrogens is 338 g/mol. The summed E-state index contributed by atoms with van der Waals surface area (Å²) in [6.45, 7) is 6.23. The minimum Gasteiger partial charge on any atom is -0.348 e. The second-order valence-electron chi connectivity index (χ2n) is 7.49. The van der Waals surface area contributed by atoms with E-state index in [9.17, 15) is 4.79 Å². The van der Waals surface area contributed by atoms with Gasteiger partial charge in [0.05, 0.1) is 18.7 Å². The SMILES string of the molecule is CC=C1C(=O)N(C(c2ccccc2)c2ccccc2)[C@@H]1[C@@H]1COC(C)(C)O1. The Morgan fingerprint density at radius 3 is 2.04 bits per heavy atom. The maximum absolute atomic E-state index is 13.1. The van der Waals surface area contributed by atoms with Gasteiger partial charge in [0.15, 0.2) is 5.79 Å². The molecule has 2 atom stereocenters. The standard InChI is InChI=1S/C23H25NO3/c1-4-18-21(19-15-26-23(2,3)27-19)24(22(18)25)20(16-11-7-5-8-12-16)17-13-9-6-10-14-17/h4-14,19-21H,15H2,1-3H3/t19-,21-/m0/s1. The zero-order valence-electron chi connectivity index (χ0n) is 16.0. The lowest BCUT2D eigenvalue weighted by Crippen LogP contribution is -2.62. The van der Waals surface area contributed by atoms with Crippen molar-refractivity contribution in [2.24, 2.45) is 0 Å². The van der Waals surface area contributed by atoms with Gasteiger partial charge in [0, 0.05) is 5.57 Å². The average Bonchev–Trinajstić information content (AvgIpc) is 3.04. The fourth-order valence-corrected chi connectivity index (χ4v) is 4.09. The Kier molecular flexibility index (Phi) is 4.62. The maximum Gasteiger partial charge on any atom is 0.253 e. The van der Waals surface area contributed by atoms with Gasteiger partial charge in [-0.25, -0.2) is 0 Å². The number of carbonyl (C=O) groups excluding carboxylic acids is 1. The predicted octanol–water partition coefficient (Wildman–Crippen LogP) is 4.08. The highest BCUT2D eigenvalue weighted by Crippen LogP contribution is 2.43. The van der Waals surface area contributed by atoms with E-state index in [0.29, 0.717) is 6.61 Å². The van der Waals surface area contributed by atoms with Crippen molar-refractivity contribution in [1.82, 2.24) is 4.90 Å². The first-order chi connectivity index (χ1) is 13.0. The number of β-lactam (4-membered cyclic amide) rings is 1. The van der Waals surface area contributed by atoms with Crippen LogP contribution in [-0.2, 0) is 14.3 Å². The largest absolute Gasteiger partial charge is 0.348 e. The van der Waals surface area contributed by atoms with E-state index in [1.54, 1.807) is 0 Å². The van der Waals surface area contributed by atoms with Gasteiger partial charge in [-0.3, -0.25) is 4.79 Å². The summed E-state index contributed by atoms with van der Waals surface area (Å²) in [5.74, 6) is -0.559. The van der Waals surface area contributed by atoms with Crippen LogP contribution >= 0.6 is 0 Å². The van der Waals surface area contributed by atoms with Gasteiger partial charge in [0.25, 0.3) is 5.91 Å². The summed E-state index contributed by atoms with van der Waals surface area (Å²) in [5.41, 5.74) is 2.99. The van der Waals surface area contributed by atoms with Crippen molar-refractivity contribution in [3.05, 3.63) is 83.4 Å². The summed E-state index contributed by atoms with van der Waals surface area (Å²) in [6.07, 6.45) is 1.74. The molecule has 0 saturated carbocycles. The Morgan fingerprint density at radius 2 is 1.59 bits per heavy atom. The molecule has 2 aliphatic heterocycles. The third kappa shape index (κ3) is 3.20. The summed E-state index contributed by atoms with van der Waals surface area (Å²) in [5, 5.41) is 0. The normalized spacial score (nSPS) is 25.9. The molecule has 0 unspecified atom stereocenters. The van der Waals surface area contributed by atoms with Gasteiger partial charge in [-0.05, 0) is 31.9 Å². The summed E-state index contributed by atoms with van der Waals surface area (Å²) < 4.78 is 11.9. The van der Waals surface area contributed by atoms with Gasteiger partial charge >= 0.3 is 0 Å². The molecule has 2 heterocycles. The van der Waals surface area contributed by atoms with E-state index >= 15 is 0 Å². The molecule has 2 aromatic rings. The third-order valence-electron chi connectivity index (χ3n) is 5.30. The van der Waals surface area contributed by atoms with E-state index in [4.69, 9.17) is 9.47 Å². The molecule has 27 heavy (non-hydrogen) atoms. The van der Waals surface area contributed by atoms with Crippen molar-refractivity contribution < 1.29 is 14.3 Å². The Balaban J connectivity index is 1.75. The number of carbonyl (C=O) groups is 1. The molecule has 2 aliphatic rings. The highest BCUT2D eigenvalue weighted by atomic mass is 16.7. The second-order valence-corrected chi connectivity index (χ2v) is 7.49. The van der Waals surface area contributed by atoms with Gasteiger partial charge in [0.1, 0.15) is 6.10 Å². The Morgan fingerprint density at radius 1 is 1.04 bits per heavy atom. The number of ether oxygens (including phenoxy) is 2. The number of nitrogens with zero attached hydrogens (tertiary/aromatic N) is 1. The summed E-state index contributed by atoms with van der Waals surface area (Å²) in [7, 11) is 0. The number of rotatable bonds is 4. The van der Waals surface area contributed by atoms with Crippen LogP contribution in [0.3, 0.4) is 0 Å². The van der Waals surface area contributed by atoms with Crippen molar-refractivity contribution in [2.75, 3.05) is 6.61 Å². The first-order valence-corrected chi connectivity index (χ1v) is 9.42. The molecule has 2 aromatic carbocycles. The topological polar surface area (TPSA) is 38.8 Å². The fraction of sp³-hybridized carbons (Fsp3) is 0.348. The molecule has 0 spiro atoms. The lowest BCUT2D eigenvalue weighted by atomic mass is 9.84. The first-order valence-electron chi connectivity index (χ1n) is 9.42. The molecule has 2 saturated heterocycles. The van der Waals surface area contributed by atoms with E-state index in [1.807, 2.05) is 68.1 Å². The number of hydrogen-bond donors (Lipinski definition) is 0. The van der Waals surface area contributed by atoms with Crippen LogP contribution in [0.4, 0.5) is 0 Å². The van der Waals surface area contributed by atoms with Crippen molar-refractivity contribution in [3.63, 3.8) is 0 Å². The number of benzene rings is 2. The van der Waals surface area contributed by atoms with Crippen LogP contribution < -0.4 is 0 Å². The van der Waals surface area contributed by atoms with Crippen LogP contribution in [0.1, 0.15) is 37.9 Å². The van der Waals surface area contributed by atoms with Crippen molar-refractivity contribution in [1.29, 1.82) is 0 Å². The lowest BCUT2D eigenvalue weighted by Gasteiger charge is -2.49. The molecule has 0 aliphatic carbocycles. The zero-order chi connectivity index (χ0) is 19.0. The molecule has 0 N–H and O–H groups in total. The highest BCUT2D eigenvalue weighted by Gasteiger charge is 2.53. The molecular formula is C23H25NO3. The molecule has 4 nitrogen and oxygen atoms in total. The van der Waals surface area contributed by atoms with Gasteiger partial charge in [0.2, 0.25) is 0 Å². The molecule has 2 fully saturated rings. The minimum absolute atomic E-state index is 0.0634. The van der Waals surface area contributed by atoms with Crippen LogP contribution in [0.2, 0.25) is 0 Å². The number of allylic oxidation sites excluding steroid dienone is 1. The highest BCUT2D eigenvalue weighted by molar-refractivity contribution is 6.02. The average molecular weight is 363 g/mol. The molecule has 1 amide bonds. The second kappa shape index (κ2) is 6.95. The molecule has 0 bridgehead atoms. The van der Waals surface area contributed by atoms with Crippen LogP contribution in [0.15, 0.2) is 72.3 Å². The van der Waals surface area contributed by atoms with E-state index in [0.717, 1.165) is 16.7 Å². The third-order valence-corrected chi connectivity index (χ3v) is 5.30. The molecule has 4 rings (SSSR count). The van der Waals surface area contributed by atoms with Gasteiger partial charge in [-0.2, -0.15) is 0 Å². The van der Waals surface area contributed by atoms with Gasteiger partial charge < -0.3 is 14.4 Å². The molecule has 0 radical (unpaired) electrons. The maximum atomic E-state index is 13.1.